The number of benzene rings is 1. The molecular formula is C21H32N4O3. The third-order valence-corrected chi connectivity index (χ3v) is 5.68. The first-order chi connectivity index (χ1) is 13.6. The molecule has 2 heterocycles. The van der Waals surface area contributed by atoms with Crippen molar-refractivity contribution in [1.82, 2.24) is 10.2 Å². The molecule has 7 nitrogen and oxygen atoms in total. The van der Waals surface area contributed by atoms with E-state index in [0.717, 1.165) is 25.9 Å². The maximum absolute atomic E-state index is 12.3. The summed E-state index contributed by atoms with van der Waals surface area (Å²) in [5.41, 5.74) is 1.37. The number of methoxy groups -OCH3 is 1. The minimum Gasteiger partial charge on any atom is -0.495 e. The highest BCUT2D eigenvalue weighted by atomic mass is 16.5. The van der Waals surface area contributed by atoms with Gasteiger partial charge in [-0.2, -0.15) is 0 Å². The third kappa shape index (κ3) is 5.16. The molecule has 0 aromatic heterocycles. The number of piperidine rings is 2. The minimum absolute atomic E-state index is 0.0989. The molecule has 1 aromatic carbocycles. The van der Waals surface area contributed by atoms with Gasteiger partial charge < -0.3 is 20.3 Å². The van der Waals surface area contributed by atoms with Crippen LogP contribution in [0.3, 0.4) is 0 Å². The summed E-state index contributed by atoms with van der Waals surface area (Å²) in [5.74, 6) is 0.738. The highest BCUT2D eigenvalue weighted by Crippen LogP contribution is 2.33. The van der Waals surface area contributed by atoms with Crippen LogP contribution in [0.2, 0.25) is 0 Å². The fourth-order valence-corrected chi connectivity index (χ4v) is 4.02. The average Bonchev–Trinajstić information content (AvgIpc) is 2.70. The second-order valence-electron chi connectivity index (χ2n) is 7.65. The molecule has 0 radical (unpaired) electrons. The largest absolute Gasteiger partial charge is 0.495 e. The van der Waals surface area contributed by atoms with Crippen molar-refractivity contribution < 1.29 is 14.3 Å². The molecule has 1 aromatic rings. The number of urea groups is 1. The molecule has 0 saturated carbocycles. The van der Waals surface area contributed by atoms with Crippen LogP contribution in [0, 0.1) is 0 Å². The normalized spacial score (nSPS) is 20.7. The van der Waals surface area contributed by atoms with Crippen molar-refractivity contribution in [2.24, 2.45) is 0 Å². The number of hydrogen-bond donors (Lipinski definition) is 2. The van der Waals surface area contributed by atoms with E-state index in [1.165, 1.54) is 19.3 Å². The van der Waals surface area contributed by atoms with Gasteiger partial charge in [0, 0.05) is 37.8 Å². The van der Waals surface area contributed by atoms with Crippen molar-refractivity contribution in [3.8, 4) is 5.75 Å². The van der Waals surface area contributed by atoms with Crippen molar-refractivity contribution in [3.05, 3.63) is 18.2 Å². The second-order valence-corrected chi connectivity index (χ2v) is 7.65. The molecule has 0 aliphatic carbocycles. The number of nitrogens with zero attached hydrogens (tertiary/aromatic N) is 2. The molecule has 0 bridgehead atoms. The summed E-state index contributed by atoms with van der Waals surface area (Å²) >= 11 is 0. The summed E-state index contributed by atoms with van der Waals surface area (Å²) in [7, 11) is 1.59. The molecule has 1 atom stereocenters. The molecule has 7 heteroatoms. The number of likely N-dealkylation sites (tertiary alicyclic amines) is 1. The van der Waals surface area contributed by atoms with Crippen LogP contribution in [0.4, 0.5) is 16.2 Å². The van der Waals surface area contributed by atoms with Crippen LogP contribution in [-0.2, 0) is 4.79 Å². The summed E-state index contributed by atoms with van der Waals surface area (Å²) in [6, 6.07) is 5.76. The Balaban J connectivity index is 1.56. The highest BCUT2D eigenvalue weighted by Gasteiger charge is 2.23. The van der Waals surface area contributed by atoms with E-state index in [0.29, 0.717) is 42.7 Å². The predicted molar refractivity (Wildman–Crippen MR) is 111 cm³/mol. The van der Waals surface area contributed by atoms with Gasteiger partial charge in [0.15, 0.2) is 0 Å². The zero-order valence-electron chi connectivity index (χ0n) is 17.0. The van der Waals surface area contributed by atoms with Crippen molar-refractivity contribution in [3.63, 3.8) is 0 Å². The van der Waals surface area contributed by atoms with Gasteiger partial charge in [-0.05, 0) is 57.4 Å². The second kappa shape index (κ2) is 9.78. The molecule has 2 fully saturated rings. The number of carbonyl (C=O) groups excluding carboxylic acids is 2. The van der Waals surface area contributed by atoms with Crippen LogP contribution in [0.1, 0.15) is 45.4 Å². The van der Waals surface area contributed by atoms with E-state index in [2.05, 4.69) is 22.5 Å². The van der Waals surface area contributed by atoms with Gasteiger partial charge in [-0.15, -0.1) is 0 Å². The number of rotatable bonds is 6. The average molecular weight is 389 g/mol. The molecule has 3 amide bonds. The first-order valence-corrected chi connectivity index (χ1v) is 10.4. The van der Waals surface area contributed by atoms with Gasteiger partial charge in [0.1, 0.15) is 5.75 Å². The third-order valence-electron chi connectivity index (χ3n) is 5.68. The predicted octanol–water partition coefficient (Wildman–Crippen LogP) is 3.21. The molecular weight excluding hydrogens is 356 g/mol. The van der Waals surface area contributed by atoms with Crippen molar-refractivity contribution in [2.45, 2.75) is 51.5 Å². The number of carbonyl (C=O) groups is 2. The maximum Gasteiger partial charge on any atom is 0.319 e. The van der Waals surface area contributed by atoms with Crippen molar-refractivity contribution >= 4 is 23.3 Å². The van der Waals surface area contributed by atoms with E-state index in [9.17, 15) is 9.59 Å². The highest BCUT2D eigenvalue weighted by molar-refractivity contribution is 5.97. The zero-order chi connectivity index (χ0) is 19.9. The quantitative estimate of drug-likeness (QED) is 0.785. The fraction of sp³-hybridized carbons (Fsp3) is 0.619. The van der Waals surface area contributed by atoms with E-state index in [-0.39, 0.29) is 11.9 Å². The van der Waals surface area contributed by atoms with Gasteiger partial charge in [0.2, 0.25) is 5.91 Å². The maximum atomic E-state index is 12.3. The van der Waals surface area contributed by atoms with Crippen LogP contribution < -0.4 is 20.3 Å². The SMILES string of the molecule is COc1ccc(NC(=O)NCCN2CCCCC2C)cc1N1CCCCC1=O. The van der Waals surface area contributed by atoms with Gasteiger partial charge >= 0.3 is 6.03 Å². The first-order valence-electron chi connectivity index (χ1n) is 10.4. The van der Waals surface area contributed by atoms with Gasteiger partial charge in [-0.1, -0.05) is 6.42 Å². The molecule has 1 unspecified atom stereocenters. The summed E-state index contributed by atoms with van der Waals surface area (Å²) in [4.78, 5) is 28.8. The number of hydrogen-bond acceptors (Lipinski definition) is 4. The number of amides is 3. The lowest BCUT2D eigenvalue weighted by atomic mass is 10.0. The number of nitrogens with one attached hydrogen (secondary N) is 2. The monoisotopic (exact) mass is 388 g/mol. The van der Waals surface area contributed by atoms with Crippen LogP contribution in [0.5, 0.6) is 5.75 Å². The van der Waals surface area contributed by atoms with Gasteiger partial charge in [0.05, 0.1) is 12.8 Å². The Morgan fingerprint density at radius 3 is 2.79 bits per heavy atom. The zero-order valence-corrected chi connectivity index (χ0v) is 17.0. The Kier molecular flexibility index (Phi) is 7.14. The van der Waals surface area contributed by atoms with Crippen LogP contribution >= 0.6 is 0 Å². The molecule has 0 spiro atoms. The van der Waals surface area contributed by atoms with E-state index < -0.39 is 0 Å². The molecule has 2 aliphatic heterocycles. The summed E-state index contributed by atoms with van der Waals surface area (Å²) in [5, 5.41) is 5.81. The lowest BCUT2D eigenvalue weighted by Crippen LogP contribution is -2.43. The smallest absolute Gasteiger partial charge is 0.319 e. The summed E-state index contributed by atoms with van der Waals surface area (Å²) in [6.45, 7) is 5.52. The minimum atomic E-state index is -0.231. The standard InChI is InChI=1S/C21H32N4O3/c1-16-7-3-5-12-24(16)14-11-22-21(27)23-17-9-10-19(28-2)18(15-17)25-13-6-4-8-20(25)26/h9-10,15-16H,3-8,11-14H2,1-2H3,(H2,22,23,27). The number of anilines is 2. The molecule has 154 valence electrons. The van der Waals surface area contributed by atoms with E-state index >= 15 is 0 Å². The first kappa shape index (κ1) is 20.5. The lowest BCUT2D eigenvalue weighted by molar-refractivity contribution is -0.119. The van der Waals surface area contributed by atoms with Gasteiger partial charge in [0.25, 0.3) is 0 Å². The van der Waals surface area contributed by atoms with Gasteiger partial charge in [-0.3, -0.25) is 9.69 Å². The number of ether oxygens (including phenoxy) is 1. The molecule has 2 aliphatic rings. The van der Waals surface area contributed by atoms with Crippen LogP contribution in [-0.4, -0.2) is 56.2 Å². The van der Waals surface area contributed by atoms with Crippen LogP contribution in [0.25, 0.3) is 0 Å². The van der Waals surface area contributed by atoms with E-state index in [1.807, 2.05) is 6.07 Å². The Labute approximate surface area is 167 Å². The van der Waals surface area contributed by atoms with Crippen molar-refractivity contribution in [2.75, 3.05) is 43.5 Å². The van der Waals surface area contributed by atoms with Crippen LogP contribution in [0.15, 0.2) is 18.2 Å². The Morgan fingerprint density at radius 2 is 2.04 bits per heavy atom. The molecule has 2 saturated heterocycles. The molecule has 3 rings (SSSR count). The van der Waals surface area contributed by atoms with Gasteiger partial charge in [-0.25, -0.2) is 4.79 Å². The Bertz CT molecular complexity index is 694. The summed E-state index contributed by atoms with van der Waals surface area (Å²) < 4.78 is 5.42. The lowest BCUT2D eigenvalue weighted by Gasteiger charge is -2.33. The Hall–Kier alpha value is -2.28. The molecule has 28 heavy (non-hydrogen) atoms. The topological polar surface area (TPSA) is 73.9 Å². The van der Waals surface area contributed by atoms with Crippen molar-refractivity contribution in [1.29, 1.82) is 0 Å². The fourth-order valence-electron chi connectivity index (χ4n) is 4.02. The summed E-state index contributed by atoms with van der Waals surface area (Å²) in [6.07, 6.45) is 6.22. The molecule has 2 N–H and O–H groups in total. The Morgan fingerprint density at radius 1 is 1.21 bits per heavy atom. The van der Waals surface area contributed by atoms with E-state index in [1.54, 1.807) is 24.1 Å². The van der Waals surface area contributed by atoms with E-state index in [4.69, 9.17) is 4.74 Å².